The highest BCUT2D eigenvalue weighted by Gasteiger charge is 2.35. The first-order valence-electron chi connectivity index (χ1n) is 9.93. The third-order valence-electron chi connectivity index (χ3n) is 5.66. The molecule has 4 rings (SSSR count). The molecule has 0 spiro atoms. The summed E-state index contributed by atoms with van der Waals surface area (Å²) in [6.45, 7) is 1.00. The third kappa shape index (κ3) is 3.97. The van der Waals surface area contributed by atoms with Crippen LogP contribution < -0.4 is 0 Å². The minimum Gasteiger partial charge on any atom is -0.387 e. The molecule has 3 aromatic rings. The maximum atomic E-state index is 11.2. The van der Waals surface area contributed by atoms with Crippen molar-refractivity contribution >= 4 is 0 Å². The van der Waals surface area contributed by atoms with Crippen molar-refractivity contribution in [2.75, 3.05) is 6.54 Å². The van der Waals surface area contributed by atoms with Gasteiger partial charge in [-0.15, -0.1) is 0 Å². The van der Waals surface area contributed by atoms with E-state index in [1.54, 1.807) is 0 Å². The van der Waals surface area contributed by atoms with Crippen LogP contribution in [0.4, 0.5) is 0 Å². The zero-order chi connectivity index (χ0) is 18.5. The Bertz CT molecular complexity index is 779. The zero-order valence-electron chi connectivity index (χ0n) is 15.6. The summed E-state index contributed by atoms with van der Waals surface area (Å²) in [4.78, 5) is 2.52. The molecule has 1 heterocycles. The standard InChI is InChI=1S/C25H27NO/c27-25(22-16-8-3-9-17-22)23-18-10-11-19-26(23)24(20-12-4-1-5-13-20)21-14-6-2-7-15-21/h1-9,12-17,23-25,27H,10-11,18-19H2. The molecular weight excluding hydrogens is 330 g/mol. The van der Waals surface area contributed by atoms with Crippen LogP contribution in [0.2, 0.25) is 0 Å². The normalized spacial score (nSPS) is 19.1. The molecule has 0 bridgehead atoms. The van der Waals surface area contributed by atoms with Gasteiger partial charge in [0.25, 0.3) is 0 Å². The average molecular weight is 357 g/mol. The average Bonchev–Trinajstić information content (AvgIpc) is 2.76. The highest BCUT2D eigenvalue weighted by Crippen LogP contribution is 2.38. The van der Waals surface area contributed by atoms with Crippen molar-refractivity contribution in [2.45, 2.75) is 37.5 Å². The van der Waals surface area contributed by atoms with E-state index < -0.39 is 6.10 Å². The van der Waals surface area contributed by atoms with Gasteiger partial charge >= 0.3 is 0 Å². The number of nitrogens with zero attached hydrogens (tertiary/aromatic N) is 1. The fourth-order valence-electron chi connectivity index (χ4n) is 4.36. The first-order chi connectivity index (χ1) is 13.3. The molecule has 1 aliphatic rings. The molecule has 1 saturated heterocycles. The molecule has 0 aromatic heterocycles. The van der Waals surface area contributed by atoms with E-state index in [9.17, 15) is 5.11 Å². The Morgan fingerprint density at radius 1 is 0.667 bits per heavy atom. The van der Waals surface area contributed by atoms with Gasteiger partial charge in [0.05, 0.1) is 12.1 Å². The molecular formula is C25H27NO. The number of likely N-dealkylation sites (tertiary alicyclic amines) is 1. The number of aliphatic hydroxyl groups is 1. The summed E-state index contributed by atoms with van der Waals surface area (Å²) in [5.41, 5.74) is 3.58. The van der Waals surface area contributed by atoms with Crippen molar-refractivity contribution < 1.29 is 5.11 Å². The van der Waals surface area contributed by atoms with Crippen LogP contribution in [0, 0.1) is 0 Å². The number of piperidine rings is 1. The summed E-state index contributed by atoms with van der Waals surface area (Å²) in [5.74, 6) is 0. The summed E-state index contributed by atoms with van der Waals surface area (Å²) >= 11 is 0. The van der Waals surface area contributed by atoms with Gasteiger partial charge in [0, 0.05) is 6.04 Å². The lowest BCUT2D eigenvalue weighted by Crippen LogP contribution is -2.45. The van der Waals surface area contributed by atoms with Crippen molar-refractivity contribution in [2.24, 2.45) is 0 Å². The minimum atomic E-state index is -0.471. The Morgan fingerprint density at radius 3 is 1.67 bits per heavy atom. The molecule has 1 N–H and O–H groups in total. The predicted molar refractivity (Wildman–Crippen MR) is 110 cm³/mol. The van der Waals surface area contributed by atoms with Crippen LogP contribution in [0.15, 0.2) is 91.0 Å². The van der Waals surface area contributed by atoms with E-state index in [1.165, 1.54) is 24.0 Å². The zero-order valence-corrected chi connectivity index (χ0v) is 15.6. The SMILES string of the molecule is OC(c1ccccc1)C1CCCCN1C(c1ccccc1)c1ccccc1. The first kappa shape index (κ1) is 18.0. The molecule has 3 aromatic carbocycles. The van der Waals surface area contributed by atoms with Crippen LogP contribution in [0.5, 0.6) is 0 Å². The number of hydrogen-bond donors (Lipinski definition) is 1. The number of benzene rings is 3. The van der Waals surface area contributed by atoms with E-state index >= 15 is 0 Å². The third-order valence-corrected chi connectivity index (χ3v) is 5.66. The van der Waals surface area contributed by atoms with Gasteiger partial charge in [-0.1, -0.05) is 97.4 Å². The van der Waals surface area contributed by atoms with Crippen molar-refractivity contribution in [1.29, 1.82) is 0 Å². The summed E-state index contributed by atoms with van der Waals surface area (Å²) in [6, 6.07) is 31.8. The van der Waals surface area contributed by atoms with Gasteiger partial charge in [-0.2, -0.15) is 0 Å². The highest BCUT2D eigenvalue weighted by molar-refractivity contribution is 5.32. The molecule has 1 aliphatic heterocycles. The van der Waals surface area contributed by atoms with Gasteiger partial charge in [-0.05, 0) is 36.1 Å². The second-order valence-corrected chi connectivity index (χ2v) is 7.38. The molecule has 2 heteroatoms. The van der Waals surface area contributed by atoms with Crippen LogP contribution in [0.3, 0.4) is 0 Å². The van der Waals surface area contributed by atoms with Crippen molar-refractivity contribution in [3.8, 4) is 0 Å². The van der Waals surface area contributed by atoms with Crippen LogP contribution in [0.25, 0.3) is 0 Å². The maximum absolute atomic E-state index is 11.2. The molecule has 2 nitrogen and oxygen atoms in total. The van der Waals surface area contributed by atoms with Gasteiger partial charge in [0.2, 0.25) is 0 Å². The molecule has 1 fully saturated rings. The van der Waals surface area contributed by atoms with Crippen molar-refractivity contribution in [1.82, 2.24) is 4.90 Å². The predicted octanol–water partition coefficient (Wildman–Crippen LogP) is 5.36. The summed E-state index contributed by atoms with van der Waals surface area (Å²) in [7, 11) is 0. The first-order valence-corrected chi connectivity index (χ1v) is 9.93. The number of aliphatic hydroxyl groups excluding tert-OH is 1. The molecule has 27 heavy (non-hydrogen) atoms. The lowest BCUT2D eigenvalue weighted by molar-refractivity contribution is 0.00788. The summed E-state index contributed by atoms with van der Waals surface area (Å²) < 4.78 is 0. The van der Waals surface area contributed by atoms with Gasteiger partial charge in [0.15, 0.2) is 0 Å². The Balaban J connectivity index is 1.73. The quantitative estimate of drug-likeness (QED) is 0.664. The number of rotatable bonds is 5. The van der Waals surface area contributed by atoms with E-state index in [0.717, 1.165) is 18.5 Å². The summed E-state index contributed by atoms with van der Waals surface area (Å²) in [5, 5.41) is 11.2. The Morgan fingerprint density at radius 2 is 1.15 bits per heavy atom. The van der Waals surface area contributed by atoms with Crippen LogP contribution in [-0.4, -0.2) is 22.6 Å². The van der Waals surface area contributed by atoms with Gasteiger partial charge in [-0.3, -0.25) is 4.90 Å². The van der Waals surface area contributed by atoms with Crippen LogP contribution >= 0.6 is 0 Å². The Labute approximate surface area is 162 Å². The van der Waals surface area contributed by atoms with E-state index in [-0.39, 0.29) is 12.1 Å². The summed E-state index contributed by atoms with van der Waals surface area (Å²) in [6.07, 6.45) is 2.89. The van der Waals surface area contributed by atoms with Crippen LogP contribution in [0.1, 0.15) is 48.1 Å². The molecule has 0 amide bonds. The fourth-order valence-corrected chi connectivity index (χ4v) is 4.36. The largest absolute Gasteiger partial charge is 0.387 e. The van der Waals surface area contributed by atoms with Gasteiger partial charge in [0.1, 0.15) is 0 Å². The van der Waals surface area contributed by atoms with Crippen LogP contribution in [-0.2, 0) is 0 Å². The molecule has 0 aliphatic carbocycles. The molecule has 2 unspecified atom stereocenters. The molecule has 138 valence electrons. The second-order valence-electron chi connectivity index (χ2n) is 7.38. The lowest BCUT2D eigenvalue weighted by atomic mass is 9.88. The van der Waals surface area contributed by atoms with E-state index in [0.29, 0.717) is 0 Å². The monoisotopic (exact) mass is 357 g/mol. The maximum Gasteiger partial charge on any atom is 0.0945 e. The molecule has 2 atom stereocenters. The topological polar surface area (TPSA) is 23.5 Å². The smallest absolute Gasteiger partial charge is 0.0945 e. The Hall–Kier alpha value is -2.42. The highest BCUT2D eigenvalue weighted by atomic mass is 16.3. The van der Waals surface area contributed by atoms with E-state index in [2.05, 4.69) is 65.6 Å². The van der Waals surface area contributed by atoms with Gasteiger partial charge in [-0.25, -0.2) is 0 Å². The molecule has 0 saturated carbocycles. The number of hydrogen-bond acceptors (Lipinski definition) is 2. The Kier molecular flexibility index (Phi) is 5.66. The van der Waals surface area contributed by atoms with Crippen molar-refractivity contribution in [3.05, 3.63) is 108 Å². The second kappa shape index (κ2) is 8.51. The fraction of sp³-hybridized carbons (Fsp3) is 0.280. The van der Waals surface area contributed by atoms with Gasteiger partial charge < -0.3 is 5.11 Å². The van der Waals surface area contributed by atoms with Crippen molar-refractivity contribution in [3.63, 3.8) is 0 Å². The lowest BCUT2D eigenvalue weighted by Gasteiger charge is -2.44. The van der Waals surface area contributed by atoms with E-state index in [4.69, 9.17) is 0 Å². The molecule has 0 radical (unpaired) electrons. The van der Waals surface area contributed by atoms with E-state index in [1.807, 2.05) is 30.3 Å². The minimum absolute atomic E-state index is 0.117.